The van der Waals surface area contributed by atoms with Crippen LogP contribution >= 0.6 is 0 Å². The van der Waals surface area contributed by atoms with Gasteiger partial charge in [-0.15, -0.1) is 0 Å². The summed E-state index contributed by atoms with van der Waals surface area (Å²) < 4.78 is 44.4. The minimum Gasteiger partial charge on any atom is -0.457 e. The molecule has 1 aromatic heterocycles. The minimum absolute atomic E-state index is 0.121. The lowest BCUT2D eigenvalue weighted by atomic mass is 10.1. The van der Waals surface area contributed by atoms with Crippen LogP contribution in [-0.4, -0.2) is 10.8 Å². The SMILES string of the molecule is O=C1CCc2cc(Oc3ccnc4cc(C(F)(F)F)ccc34)ccc21. The average molecular weight is 343 g/mol. The summed E-state index contributed by atoms with van der Waals surface area (Å²) in [5, 5.41) is 0.493. The first-order valence-corrected chi connectivity index (χ1v) is 7.72. The van der Waals surface area contributed by atoms with Crippen molar-refractivity contribution in [3.8, 4) is 11.5 Å². The first-order chi connectivity index (χ1) is 11.9. The van der Waals surface area contributed by atoms with Gasteiger partial charge in [0.2, 0.25) is 0 Å². The molecule has 0 spiro atoms. The number of carbonyl (C=O) groups is 1. The van der Waals surface area contributed by atoms with Crippen molar-refractivity contribution in [3.63, 3.8) is 0 Å². The van der Waals surface area contributed by atoms with E-state index in [1.165, 1.54) is 12.3 Å². The zero-order valence-electron chi connectivity index (χ0n) is 12.9. The van der Waals surface area contributed by atoms with Gasteiger partial charge in [-0.3, -0.25) is 9.78 Å². The van der Waals surface area contributed by atoms with E-state index in [9.17, 15) is 18.0 Å². The Hall–Kier alpha value is -2.89. The molecular formula is C19H12F3NO2. The van der Waals surface area contributed by atoms with E-state index in [1.54, 1.807) is 24.3 Å². The van der Waals surface area contributed by atoms with Gasteiger partial charge in [-0.25, -0.2) is 0 Å². The van der Waals surface area contributed by atoms with Crippen LogP contribution in [0.3, 0.4) is 0 Å². The Kier molecular flexibility index (Phi) is 3.49. The molecule has 0 atom stereocenters. The molecule has 0 aliphatic heterocycles. The summed E-state index contributed by atoms with van der Waals surface area (Å²) in [5.41, 5.74) is 1.10. The van der Waals surface area contributed by atoms with E-state index >= 15 is 0 Å². The highest BCUT2D eigenvalue weighted by Gasteiger charge is 2.30. The smallest absolute Gasteiger partial charge is 0.416 e. The standard InChI is InChI=1S/C19H12F3NO2/c20-19(21,22)12-2-4-15-16(10-12)23-8-7-18(15)25-13-3-5-14-11(9-13)1-6-17(14)24/h2-5,7-10H,1,6H2. The number of benzene rings is 2. The van der Waals surface area contributed by atoms with E-state index in [-0.39, 0.29) is 11.3 Å². The lowest BCUT2D eigenvalue weighted by molar-refractivity contribution is -0.137. The molecule has 0 N–H and O–H groups in total. The normalized spacial score (nSPS) is 14.0. The van der Waals surface area contributed by atoms with Gasteiger partial charge in [0.25, 0.3) is 0 Å². The molecule has 25 heavy (non-hydrogen) atoms. The number of hydrogen-bond acceptors (Lipinski definition) is 3. The summed E-state index contributed by atoms with van der Waals surface area (Å²) in [6.07, 6.45) is -1.83. The van der Waals surface area contributed by atoms with Gasteiger partial charge in [-0.05, 0) is 54.4 Å². The number of ketones is 1. The average Bonchev–Trinajstić information content (AvgIpc) is 2.94. The zero-order valence-corrected chi connectivity index (χ0v) is 12.9. The van der Waals surface area contributed by atoms with Gasteiger partial charge < -0.3 is 4.74 Å². The second-order valence-electron chi connectivity index (χ2n) is 5.88. The molecule has 0 radical (unpaired) electrons. The molecule has 126 valence electrons. The molecule has 0 saturated carbocycles. The van der Waals surface area contributed by atoms with Gasteiger partial charge in [0.05, 0.1) is 11.1 Å². The van der Waals surface area contributed by atoms with Gasteiger partial charge in [0.15, 0.2) is 5.78 Å². The molecule has 1 heterocycles. The highest BCUT2D eigenvalue weighted by Crippen LogP contribution is 2.35. The maximum atomic E-state index is 12.8. The van der Waals surface area contributed by atoms with Gasteiger partial charge in [-0.2, -0.15) is 13.2 Å². The van der Waals surface area contributed by atoms with E-state index in [0.29, 0.717) is 35.3 Å². The number of aromatic nitrogens is 1. The molecular weight excluding hydrogens is 331 g/mol. The predicted molar refractivity (Wildman–Crippen MR) is 85.9 cm³/mol. The Morgan fingerprint density at radius 1 is 1.00 bits per heavy atom. The number of ether oxygens (including phenoxy) is 1. The van der Waals surface area contributed by atoms with Crippen molar-refractivity contribution in [1.29, 1.82) is 0 Å². The fraction of sp³-hybridized carbons (Fsp3) is 0.158. The maximum Gasteiger partial charge on any atom is 0.416 e. The first-order valence-electron chi connectivity index (χ1n) is 7.72. The molecule has 3 aromatic rings. The quantitative estimate of drug-likeness (QED) is 0.644. The Morgan fingerprint density at radius 2 is 1.84 bits per heavy atom. The van der Waals surface area contributed by atoms with E-state index in [4.69, 9.17) is 4.74 Å². The summed E-state index contributed by atoms with van der Waals surface area (Å²) in [5.74, 6) is 1.08. The molecule has 0 amide bonds. The van der Waals surface area contributed by atoms with Crippen LogP contribution in [0.25, 0.3) is 10.9 Å². The third-order valence-corrected chi connectivity index (χ3v) is 4.26. The van der Waals surface area contributed by atoms with Gasteiger partial charge >= 0.3 is 6.18 Å². The third-order valence-electron chi connectivity index (χ3n) is 4.26. The molecule has 1 aliphatic carbocycles. The molecule has 3 nitrogen and oxygen atoms in total. The second kappa shape index (κ2) is 5.58. The predicted octanol–water partition coefficient (Wildman–Crippen LogP) is 5.17. The van der Waals surface area contributed by atoms with E-state index in [2.05, 4.69) is 4.98 Å². The Labute approximate surface area is 141 Å². The summed E-state index contributed by atoms with van der Waals surface area (Å²) in [7, 11) is 0. The second-order valence-corrected chi connectivity index (χ2v) is 5.88. The van der Waals surface area contributed by atoms with Gasteiger partial charge in [-0.1, -0.05) is 0 Å². The van der Waals surface area contributed by atoms with Crippen LogP contribution in [0.5, 0.6) is 11.5 Å². The third kappa shape index (κ3) is 2.84. The number of fused-ring (bicyclic) bond motifs is 2. The number of Topliss-reactive ketones (excluding diaryl/α,β-unsaturated/α-hetero) is 1. The molecule has 6 heteroatoms. The first kappa shape index (κ1) is 15.6. The van der Waals surface area contributed by atoms with Crippen molar-refractivity contribution in [3.05, 3.63) is 65.4 Å². The van der Waals surface area contributed by atoms with Crippen molar-refractivity contribution < 1.29 is 22.7 Å². The number of rotatable bonds is 2. The number of pyridine rings is 1. The van der Waals surface area contributed by atoms with Gasteiger partial charge in [0, 0.05) is 23.6 Å². The molecule has 2 aromatic carbocycles. The largest absolute Gasteiger partial charge is 0.457 e. The van der Waals surface area contributed by atoms with Crippen molar-refractivity contribution in [2.45, 2.75) is 19.0 Å². The molecule has 0 fully saturated rings. The lowest BCUT2D eigenvalue weighted by Gasteiger charge is -2.11. The van der Waals surface area contributed by atoms with Crippen LogP contribution in [0.1, 0.15) is 27.9 Å². The summed E-state index contributed by atoms with van der Waals surface area (Å²) in [6, 6.07) is 10.2. The van der Waals surface area contributed by atoms with E-state index < -0.39 is 11.7 Å². The van der Waals surface area contributed by atoms with Crippen LogP contribution in [0.4, 0.5) is 13.2 Å². The summed E-state index contributed by atoms with van der Waals surface area (Å²) in [6.45, 7) is 0. The van der Waals surface area contributed by atoms with Crippen molar-refractivity contribution in [1.82, 2.24) is 4.98 Å². The van der Waals surface area contributed by atoms with Crippen LogP contribution in [0, 0.1) is 0 Å². The number of alkyl halides is 3. The summed E-state index contributed by atoms with van der Waals surface area (Å²) in [4.78, 5) is 15.7. The number of hydrogen-bond donors (Lipinski definition) is 0. The lowest BCUT2D eigenvalue weighted by Crippen LogP contribution is -2.04. The van der Waals surface area contributed by atoms with Crippen LogP contribution in [-0.2, 0) is 12.6 Å². The highest BCUT2D eigenvalue weighted by molar-refractivity contribution is 6.00. The van der Waals surface area contributed by atoms with Crippen molar-refractivity contribution in [2.24, 2.45) is 0 Å². The fourth-order valence-corrected chi connectivity index (χ4v) is 3.01. The van der Waals surface area contributed by atoms with Gasteiger partial charge in [0.1, 0.15) is 11.5 Å². The van der Waals surface area contributed by atoms with Crippen molar-refractivity contribution in [2.75, 3.05) is 0 Å². The topological polar surface area (TPSA) is 39.2 Å². The van der Waals surface area contributed by atoms with Crippen LogP contribution in [0.2, 0.25) is 0 Å². The number of nitrogens with zero attached hydrogens (tertiary/aromatic N) is 1. The minimum atomic E-state index is -4.42. The fourth-order valence-electron chi connectivity index (χ4n) is 3.01. The zero-order chi connectivity index (χ0) is 17.6. The van der Waals surface area contributed by atoms with E-state index in [1.807, 2.05) is 0 Å². The van der Waals surface area contributed by atoms with E-state index in [0.717, 1.165) is 17.7 Å². The molecule has 1 aliphatic rings. The molecule has 4 rings (SSSR count). The summed E-state index contributed by atoms with van der Waals surface area (Å²) >= 11 is 0. The monoisotopic (exact) mass is 343 g/mol. The van der Waals surface area contributed by atoms with Crippen LogP contribution < -0.4 is 4.74 Å². The Bertz CT molecular complexity index is 996. The Balaban J connectivity index is 1.71. The number of carbonyl (C=O) groups excluding carboxylic acids is 1. The maximum absolute atomic E-state index is 12.8. The number of halogens is 3. The highest BCUT2D eigenvalue weighted by atomic mass is 19.4. The van der Waals surface area contributed by atoms with Crippen LogP contribution in [0.15, 0.2) is 48.7 Å². The number of aryl methyl sites for hydroxylation is 1. The Morgan fingerprint density at radius 3 is 2.64 bits per heavy atom. The molecule has 0 unspecified atom stereocenters. The molecule has 0 bridgehead atoms. The molecule has 0 saturated heterocycles. The van der Waals surface area contributed by atoms with Crippen molar-refractivity contribution >= 4 is 16.7 Å².